The first-order valence-electron chi connectivity index (χ1n) is 7.17. The minimum Gasteiger partial charge on any atom is -0.490 e. The van der Waals surface area contributed by atoms with E-state index in [-0.39, 0.29) is 5.91 Å². The third-order valence-electron chi connectivity index (χ3n) is 3.01. The van der Waals surface area contributed by atoms with Gasteiger partial charge in [0.05, 0.1) is 12.2 Å². The number of hydrogen-bond acceptors (Lipinski definition) is 4. The lowest BCUT2D eigenvalue weighted by molar-refractivity contribution is 0.101. The molecule has 0 atom stereocenters. The van der Waals surface area contributed by atoms with Crippen LogP contribution in [-0.2, 0) is 4.74 Å². The van der Waals surface area contributed by atoms with E-state index in [1.54, 1.807) is 43.5 Å². The van der Waals surface area contributed by atoms with Crippen molar-refractivity contribution in [1.82, 2.24) is 0 Å². The molecule has 4 nitrogen and oxygen atoms in total. The molecular weight excluding hydrogens is 336 g/mol. The summed E-state index contributed by atoms with van der Waals surface area (Å²) in [5.74, 6) is -2.35. The van der Waals surface area contributed by atoms with Crippen LogP contribution in [0.1, 0.15) is 10.4 Å². The number of alkyl halides is 2. The van der Waals surface area contributed by atoms with Gasteiger partial charge in [0.15, 0.2) is 0 Å². The number of thioether (sulfide) groups is 1. The molecule has 0 aliphatic rings. The number of hydrogen-bond donors (Lipinski definition) is 1. The topological polar surface area (TPSA) is 47.6 Å². The van der Waals surface area contributed by atoms with Crippen molar-refractivity contribution in [2.45, 2.75) is 10.7 Å². The smallest absolute Gasteiger partial charge is 0.288 e. The molecule has 0 aliphatic carbocycles. The number of ether oxygens (including phenoxy) is 2. The van der Waals surface area contributed by atoms with E-state index in [0.717, 1.165) is 0 Å². The molecule has 2 aromatic rings. The predicted octanol–water partition coefficient (Wildman–Crippen LogP) is 4.28. The Kier molecular flexibility index (Phi) is 7.02. The van der Waals surface area contributed by atoms with Gasteiger partial charge in [-0.05, 0) is 36.4 Å². The maximum atomic E-state index is 12.4. The van der Waals surface area contributed by atoms with Crippen LogP contribution in [-0.4, -0.2) is 32.0 Å². The molecule has 0 aliphatic heterocycles. The first-order valence-corrected chi connectivity index (χ1v) is 8.05. The number of nitrogens with one attached hydrogen (secondary N) is 1. The van der Waals surface area contributed by atoms with Crippen LogP contribution in [0.4, 0.5) is 14.5 Å². The van der Waals surface area contributed by atoms with Crippen molar-refractivity contribution in [3.8, 4) is 5.75 Å². The average molecular weight is 353 g/mol. The van der Waals surface area contributed by atoms with Gasteiger partial charge in [-0.15, -0.1) is 0 Å². The van der Waals surface area contributed by atoms with Crippen LogP contribution in [0.3, 0.4) is 0 Å². The highest BCUT2D eigenvalue weighted by atomic mass is 32.2. The molecule has 7 heteroatoms. The number of carbonyl (C=O) groups is 1. The fourth-order valence-electron chi connectivity index (χ4n) is 1.93. The van der Waals surface area contributed by atoms with Gasteiger partial charge in [-0.2, -0.15) is 8.78 Å². The quantitative estimate of drug-likeness (QED) is 0.568. The van der Waals surface area contributed by atoms with E-state index in [2.05, 4.69) is 5.32 Å². The standard InChI is InChI=1S/C17H17F2NO3S/c1-22-10-11-23-15-5-3-2-4-14(15)16(21)20-12-6-8-13(9-7-12)24-17(18)19/h2-9,17H,10-11H2,1H3,(H,20,21). The Morgan fingerprint density at radius 3 is 2.50 bits per heavy atom. The van der Waals surface area contributed by atoms with Gasteiger partial charge in [-0.25, -0.2) is 0 Å². The molecule has 0 saturated carbocycles. The molecule has 0 aromatic heterocycles. The summed E-state index contributed by atoms with van der Waals surface area (Å²) in [7, 11) is 1.57. The van der Waals surface area contributed by atoms with Gasteiger partial charge in [0.1, 0.15) is 12.4 Å². The molecule has 0 unspecified atom stereocenters. The molecule has 0 heterocycles. The maximum Gasteiger partial charge on any atom is 0.288 e. The number of amides is 1. The summed E-state index contributed by atoms with van der Waals surface area (Å²) in [5.41, 5.74) is 0.907. The highest BCUT2D eigenvalue weighted by Crippen LogP contribution is 2.26. The van der Waals surface area contributed by atoms with E-state index in [9.17, 15) is 13.6 Å². The van der Waals surface area contributed by atoms with E-state index in [1.807, 2.05) is 0 Å². The Hall–Kier alpha value is -2.12. The van der Waals surface area contributed by atoms with Crippen molar-refractivity contribution in [2.24, 2.45) is 0 Å². The van der Waals surface area contributed by atoms with Gasteiger partial charge in [-0.3, -0.25) is 4.79 Å². The molecule has 2 rings (SSSR count). The lowest BCUT2D eigenvalue weighted by Crippen LogP contribution is -2.14. The minimum atomic E-state index is -2.47. The molecular formula is C17H17F2NO3S. The number of rotatable bonds is 8. The fraction of sp³-hybridized carbons (Fsp3) is 0.235. The number of halogens is 2. The normalized spacial score (nSPS) is 10.7. The van der Waals surface area contributed by atoms with Gasteiger partial charge in [0.2, 0.25) is 0 Å². The summed E-state index contributed by atoms with van der Waals surface area (Å²) < 4.78 is 35.0. The van der Waals surface area contributed by atoms with Crippen LogP contribution in [0.15, 0.2) is 53.4 Å². The molecule has 1 amide bonds. The van der Waals surface area contributed by atoms with E-state index < -0.39 is 5.76 Å². The van der Waals surface area contributed by atoms with Crippen LogP contribution < -0.4 is 10.1 Å². The molecule has 0 spiro atoms. The molecule has 0 fully saturated rings. The monoisotopic (exact) mass is 353 g/mol. The Balaban J connectivity index is 2.04. The van der Waals surface area contributed by atoms with Crippen molar-refractivity contribution in [3.05, 3.63) is 54.1 Å². The molecule has 0 saturated heterocycles. The SMILES string of the molecule is COCCOc1ccccc1C(=O)Nc1ccc(SC(F)F)cc1. The Bertz CT molecular complexity index is 665. The summed E-state index contributed by atoms with van der Waals surface area (Å²) >= 11 is 0.458. The Morgan fingerprint density at radius 2 is 1.83 bits per heavy atom. The number of methoxy groups -OCH3 is 1. The predicted molar refractivity (Wildman–Crippen MR) is 90.1 cm³/mol. The van der Waals surface area contributed by atoms with Crippen LogP contribution in [0.2, 0.25) is 0 Å². The second-order valence-electron chi connectivity index (χ2n) is 4.69. The summed E-state index contributed by atoms with van der Waals surface area (Å²) in [4.78, 5) is 12.8. The lowest BCUT2D eigenvalue weighted by atomic mass is 10.2. The van der Waals surface area contributed by atoms with Crippen molar-refractivity contribution < 1.29 is 23.0 Å². The Morgan fingerprint density at radius 1 is 1.12 bits per heavy atom. The number of para-hydroxylation sites is 1. The lowest BCUT2D eigenvalue weighted by Gasteiger charge is -2.11. The second kappa shape index (κ2) is 9.24. The molecule has 0 radical (unpaired) electrons. The van der Waals surface area contributed by atoms with Crippen LogP contribution in [0.5, 0.6) is 5.75 Å². The van der Waals surface area contributed by atoms with E-state index >= 15 is 0 Å². The van der Waals surface area contributed by atoms with Crippen molar-refractivity contribution >= 4 is 23.4 Å². The summed E-state index contributed by atoms with van der Waals surface area (Å²) in [5, 5.41) is 2.72. The number of carbonyl (C=O) groups excluding carboxylic acids is 1. The van der Waals surface area contributed by atoms with Crippen LogP contribution in [0, 0.1) is 0 Å². The zero-order chi connectivity index (χ0) is 17.4. The third kappa shape index (κ3) is 5.50. The maximum absolute atomic E-state index is 12.4. The first kappa shape index (κ1) is 18.2. The van der Waals surface area contributed by atoms with Gasteiger partial charge in [0, 0.05) is 17.7 Å². The third-order valence-corrected chi connectivity index (χ3v) is 3.74. The van der Waals surface area contributed by atoms with E-state index in [4.69, 9.17) is 9.47 Å². The summed E-state index contributed by atoms with van der Waals surface area (Å²) in [6.45, 7) is 0.750. The highest BCUT2D eigenvalue weighted by Gasteiger charge is 2.12. The van der Waals surface area contributed by atoms with Gasteiger partial charge >= 0.3 is 0 Å². The second-order valence-corrected chi connectivity index (χ2v) is 5.76. The number of anilines is 1. The van der Waals surface area contributed by atoms with Crippen molar-refractivity contribution in [1.29, 1.82) is 0 Å². The first-order chi connectivity index (χ1) is 11.6. The van der Waals surface area contributed by atoms with Crippen molar-refractivity contribution in [3.63, 3.8) is 0 Å². The van der Waals surface area contributed by atoms with E-state index in [1.165, 1.54) is 12.1 Å². The zero-order valence-corrected chi connectivity index (χ0v) is 13.8. The minimum absolute atomic E-state index is 0.334. The summed E-state index contributed by atoms with van der Waals surface area (Å²) in [6.07, 6.45) is 0. The highest BCUT2D eigenvalue weighted by molar-refractivity contribution is 7.99. The average Bonchev–Trinajstić information content (AvgIpc) is 2.57. The largest absolute Gasteiger partial charge is 0.490 e. The zero-order valence-electron chi connectivity index (χ0n) is 13.0. The molecule has 1 N–H and O–H groups in total. The number of benzene rings is 2. The molecule has 2 aromatic carbocycles. The summed E-state index contributed by atoms with van der Waals surface area (Å²) in [6, 6.07) is 13.1. The van der Waals surface area contributed by atoms with Crippen molar-refractivity contribution in [2.75, 3.05) is 25.6 Å². The fourth-order valence-corrected chi connectivity index (χ4v) is 2.43. The molecule has 0 bridgehead atoms. The van der Waals surface area contributed by atoms with Gasteiger partial charge in [-0.1, -0.05) is 23.9 Å². The van der Waals surface area contributed by atoms with Gasteiger partial charge < -0.3 is 14.8 Å². The van der Waals surface area contributed by atoms with Gasteiger partial charge in [0.25, 0.3) is 11.7 Å². The molecule has 128 valence electrons. The van der Waals surface area contributed by atoms with Crippen LogP contribution >= 0.6 is 11.8 Å². The Labute approximate surface area is 143 Å². The van der Waals surface area contributed by atoms with Crippen LogP contribution in [0.25, 0.3) is 0 Å². The molecule has 24 heavy (non-hydrogen) atoms. The van der Waals surface area contributed by atoms with E-state index in [0.29, 0.717) is 46.9 Å².